The largest absolute Gasteiger partial charge is 0.497 e. The van der Waals surface area contributed by atoms with E-state index >= 15 is 0 Å². The van der Waals surface area contributed by atoms with E-state index in [0.717, 1.165) is 5.56 Å². The molecule has 1 atom stereocenters. The van der Waals surface area contributed by atoms with Gasteiger partial charge in [-0.15, -0.1) is 0 Å². The number of nitrogens with one attached hydrogen (secondary N) is 1. The molecule has 1 aliphatic rings. The first-order valence-corrected chi connectivity index (χ1v) is 11.6. The molecular formula is C22H23N3O5S. The molecule has 4 rings (SSSR count). The minimum Gasteiger partial charge on any atom is -0.497 e. The van der Waals surface area contributed by atoms with Gasteiger partial charge in [0.25, 0.3) is 5.91 Å². The molecule has 1 amide bonds. The Kier molecular flexibility index (Phi) is 5.69. The highest BCUT2D eigenvalue weighted by Crippen LogP contribution is 2.32. The lowest BCUT2D eigenvalue weighted by atomic mass is 10.1. The zero-order chi connectivity index (χ0) is 22.0. The molecule has 1 saturated heterocycles. The Bertz CT molecular complexity index is 1210. The number of hydrogen-bond acceptors (Lipinski definition) is 6. The number of nitrogens with zero attached hydrogens (tertiary/aromatic N) is 2. The van der Waals surface area contributed by atoms with Crippen molar-refractivity contribution in [2.75, 3.05) is 31.0 Å². The minimum atomic E-state index is -3.11. The van der Waals surface area contributed by atoms with Crippen LogP contribution < -0.4 is 14.8 Å². The summed E-state index contributed by atoms with van der Waals surface area (Å²) in [6.07, 6.45) is 0.469. The molecule has 1 aliphatic heterocycles. The van der Waals surface area contributed by atoms with E-state index in [4.69, 9.17) is 9.47 Å². The topological polar surface area (TPSA) is 99.5 Å². The van der Waals surface area contributed by atoms with Crippen molar-refractivity contribution < 1.29 is 22.7 Å². The molecule has 8 nitrogen and oxygen atoms in total. The van der Waals surface area contributed by atoms with Gasteiger partial charge in [-0.05, 0) is 30.2 Å². The third-order valence-corrected chi connectivity index (χ3v) is 7.00. The van der Waals surface area contributed by atoms with Gasteiger partial charge in [-0.1, -0.05) is 30.3 Å². The summed E-state index contributed by atoms with van der Waals surface area (Å²) < 4.78 is 36.2. The predicted molar refractivity (Wildman–Crippen MR) is 117 cm³/mol. The summed E-state index contributed by atoms with van der Waals surface area (Å²) >= 11 is 0. The number of amides is 1. The fraction of sp³-hybridized carbons (Fsp3) is 0.273. The standard InChI is InChI=1S/C22H23N3O5S/c1-29-17-8-9-18(21(12-17)30-2)23-22(26)19-13-20(15-6-4-3-5-7-15)25(24-19)16-10-11-31(27,28)14-16/h3-9,12-13,16H,10-11,14H2,1-2H3,(H,23,26)/t16-/m0/s1. The van der Waals surface area contributed by atoms with Gasteiger partial charge in [-0.3, -0.25) is 9.48 Å². The third kappa shape index (κ3) is 4.41. The number of rotatable bonds is 6. The summed E-state index contributed by atoms with van der Waals surface area (Å²) in [4.78, 5) is 13.0. The number of carbonyl (C=O) groups excluding carboxylic acids is 1. The second-order valence-corrected chi connectivity index (χ2v) is 9.53. The zero-order valence-corrected chi connectivity index (χ0v) is 18.1. The second-order valence-electron chi connectivity index (χ2n) is 7.30. The Balaban J connectivity index is 1.68. The van der Waals surface area contributed by atoms with Crippen molar-refractivity contribution in [1.29, 1.82) is 0 Å². The molecule has 0 bridgehead atoms. The molecule has 0 aliphatic carbocycles. The highest BCUT2D eigenvalue weighted by Gasteiger charge is 2.32. The molecule has 162 valence electrons. The fourth-order valence-electron chi connectivity index (χ4n) is 3.66. The summed E-state index contributed by atoms with van der Waals surface area (Å²) in [5, 5.41) is 7.31. The third-order valence-electron chi connectivity index (χ3n) is 5.25. The SMILES string of the molecule is COc1ccc(NC(=O)c2cc(-c3ccccc3)n([C@H]3CCS(=O)(=O)C3)n2)c(OC)c1. The maximum atomic E-state index is 13.0. The number of hydrogen-bond donors (Lipinski definition) is 1. The van der Waals surface area contributed by atoms with Crippen LogP contribution in [0.2, 0.25) is 0 Å². The van der Waals surface area contributed by atoms with Crippen LogP contribution in [0.1, 0.15) is 23.0 Å². The van der Waals surface area contributed by atoms with Gasteiger partial charge in [-0.2, -0.15) is 5.10 Å². The van der Waals surface area contributed by atoms with Gasteiger partial charge in [0.15, 0.2) is 15.5 Å². The minimum absolute atomic E-state index is 0.0157. The Morgan fingerprint density at radius 3 is 2.52 bits per heavy atom. The molecule has 3 aromatic rings. The van der Waals surface area contributed by atoms with Crippen LogP contribution in [0.5, 0.6) is 11.5 Å². The van der Waals surface area contributed by atoms with Gasteiger partial charge in [-0.25, -0.2) is 8.42 Å². The Labute approximate surface area is 180 Å². The summed E-state index contributed by atoms with van der Waals surface area (Å²) in [5.74, 6) is 0.781. The van der Waals surface area contributed by atoms with Crippen molar-refractivity contribution in [3.8, 4) is 22.8 Å². The van der Waals surface area contributed by atoms with E-state index in [1.807, 2.05) is 30.3 Å². The van der Waals surface area contributed by atoms with Crippen molar-refractivity contribution in [2.24, 2.45) is 0 Å². The van der Waals surface area contributed by atoms with Crippen LogP contribution in [-0.4, -0.2) is 49.8 Å². The van der Waals surface area contributed by atoms with Crippen LogP contribution in [0.4, 0.5) is 5.69 Å². The summed E-state index contributed by atoms with van der Waals surface area (Å²) in [5.41, 5.74) is 2.24. The smallest absolute Gasteiger partial charge is 0.276 e. The molecule has 9 heteroatoms. The maximum absolute atomic E-state index is 13.0. The molecule has 1 N–H and O–H groups in total. The van der Waals surface area contributed by atoms with Gasteiger partial charge in [0.2, 0.25) is 0 Å². The average molecular weight is 442 g/mol. The van der Waals surface area contributed by atoms with E-state index in [2.05, 4.69) is 10.4 Å². The summed E-state index contributed by atoms with van der Waals surface area (Å²) in [6, 6.07) is 15.9. The maximum Gasteiger partial charge on any atom is 0.276 e. The Hall–Kier alpha value is -3.33. The summed E-state index contributed by atoms with van der Waals surface area (Å²) in [7, 11) is -0.0508. The molecular weight excluding hydrogens is 418 g/mol. The van der Waals surface area contributed by atoms with Crippen molar-refractivity contribution in [1.82, 2.24) is 9.78 Å². The van der Waals surface area contributed by atoms with Crippen molar-refractivity contribution >= 4 is 21.4 Å². The molecule has 0 radical (unpaired) electrons. The number of ether oxygens (including phenoxy) is 2. The quantitative estimate of drug-likeness (QED) is 0.631. The number of aromatic nitrogens is 2. The van der Waals surface area contributed by atoms with Gasteiger partial charge in [0.1, 0.15) is 11.5 Å². The van der Waals surface area contributed by atoms with E-state index in [9.17, 15) is 13.2 Å². The molecule has 1 fully saturated rings. The molecule has 2 heterocycles. The van der Waals surface area contributed by atoms with Crippen LogP contribution in [-0.2, 0) is 9.84 Å². The average Bonchev–Trinajstić information content (AvgIpc) is 3.38. The first-order valence-electron chi connectivity index (χ1n) is 9.79. The van der Waals surface area contributed by atoms with Crippen molar-refractivity contribution in [3.63, 3.8) is 0 Å². The van der Waals surface area contributed by atoms with E-state index in [1.54, 1.807) is 36.1 Å². The fourth-order valence-corrected chi connectivity index (χ4v) is 5.36. The van der Waals surface area contributed by atoms with Gasteiger partial charge >= 0.3 is 0 Å². The van der Waals surface area contributed by atoms with E-state index < -0.39 is 15.7 Å². The first kappa shape index (κ1) is 20.9. The van der Waals surface area contributed by atoms with Crippen LogP contribution in [0.25, 0.3) is 11.3 Å². The molecule has 0 unspecified atom stereocenters. The number of carbonyl (C=O) groups is 1. The lowest BCUT2D eigenvalue weighted by molar-refractivity contribution is 0.102. The lowest BCUT2D eigenvalue weighted by Gasteiger charge is -2.13. The lowest BCUT2D eigenvalue weighted by Crippen LogP contribution is -2.17. The number of benzene rings is 2. The number of methoxy groups -OCH3 is 2. The van der Waals surface area contributed by atoms with Gasteiger partial charge < -0.3 is 14.8 Å². The molecule has 0 spiro atoms. The van der Waals surface area contributed by atoms with Crippen molar-refractivity contribution in [2.45, 2.75) is 12.5 Å². The highest BCUT2D eigenvalue weighted by atomic mass is 32.2. The van der Waals surface area contributed by atoms with E-state index in [-0.39, 0.29) is 23.2 Å². The number of sulfone groups is 1. The molecule has 1 aromatic heterocycles. The predicted octanol–water partition coefficient (Wildman–Crippen LogP) is 3.18. The monoisotopic (exact) mass is 441 g/mol. The van der Waals surface area contributed by atoms with E-state index in [1.165, 1.54) is 7.11 Å². The van der Waals surface area contributed by atoms with E-state index in [0.29, 0.717) is 29.3 Å². The van der Waals surface area contributed by atoms with Crippen molar-refractivity contribution in [3.05, 3.63) is 60.3 Å². The Morgan fingerprint density at radius 1 is 1.10 bits per heavy atom. The molecule has 31 heavy (non-hydrogen) atoms. The number of anilines is 1. The zero-order valence-electron chi connectivity index (χ0n) is 17.2. The van der Waals surface area contributed by atoms with Crippen LogP contribution in [0, 0.1) is 0 Å². The van der Waals surface area contributed by atoms with Crippen LogP contribution in [0.3, 0.4) is 0 Å². The van der Waals surface area contributed by atoms with Gasteiger partial charge in [0, 0.05) is 6.07 Å². The first-order chi connectivity index (χ1) is 14.9. The molecule has 0 saturated carbocycles. The summed E-state index contributed by atoms with van der Waals surface area (Å²) in [6.45, 7) is 0. The normalized spacial score (nSPS) is 17.3. The van der Waals surface area contributed by atoms with Crippen LogP contribution in [0.15, 0.2) is 54.6 Å². The highest BCUT2D eigenvalue weighted by molar-refractivity contribution is 7.91. The Morgan fingerprint density at radius 2 is 1.87 bits per heavy atom. The molecule has 2 aromatic carbocycles. The second kappa shape index (κ2) is 8.43. The van der Waals surface area contributed by atoms with Gasteiger partial charge in [0.05, 0.1) is 43.1 Å². The van der Waals surface area contributed by atoms with Crippen LogP contribution >= 0.6 is 0 Å².